The summed E-state index contributed by atoms with van der Waals surface area (Å²) >= 11 is 0. The topological polar surface area (TPSA) is 88.4 Å². The van der Waals surface area contributed by atoms with Crippen molar-refractivity contribution in [2.45, 2.75) is 31.1 Å². The Morgan fingerprint density at radius 1 is 1.19 bits per heavy atom. The standard InChI is InChI=1S/C20H24N2O4S/c1-14-3-7-17(8-4-14)27(24,25)22-12-11-21-20(23)10-6-16-5-9-19(26-16)18-13-15(18)2/h3-10,15,18,22H,11-13H2,1-2H3,(H,21,23)/b10-6+. The zero-order chi connectivity index (χ0) is 19.4. The third-order valence-electron chi connectivity index (χ3n) is 4.57. The molecule has 1 aliphatic rings. The molecule has 1 amide bonds. The minimum absolute atomic E-state index is 0.111. The summed E-state index contributed by atoms with van der Waals surface area (Å²) in [5, 5.41) is 2.64. The van der Waals surface area contributed by atoms with Crippen LogP contribution in [0.5, 0.6) is 0 Å². The number of nitrogens with one attached hydrogen (secondary N) is 2. The first-order valence-corrected chi connectivity index (χ1v) is 10.5. The van der Waals surface area contributed by atoms with Gasteiger partial charge in [-0.15, -0.1) is 0 Å². The fraction of sp³-hybridized carbons (Fsp3) is 0.350. The van der Waals surface area contributed by atoms with E-state index in [1.165, 1.54) is 6.08 Å². The molecule has 2 unspecified atom stereocenters. The lowest BCUT2D eigenvalue weighted by atomic mass is 10.2. The molecule has 1 fully saturated rings. The number of benzene rings is 1. The van der Waals surface area contributed by atoms with Crippen molar-refractivity contribution >= 4 is 22.0 Å². The summed E-state index contributed by atoms with van der Waals surface area (Å²) < 4.78 is 32.4. The van der Waals surface area contributed by atoms with Crippen LogP contribution in [0.15, 0.2) is 51.8 Å². The molecule has 1 heterocycles. The lowest BCUT2D eigenvalue weighted by molar-refractivity contribution is -0.116. The molecule has 0 saturated heterocycles. The van der Waals surface area contributed by atoms with Gasteiger partial charge in [0.05, 0.1) is 4.90 Å². The average molecular weight is 388 g/mol. The number of amides is 1. The maximum atomic E-state index is 12.1. The van der Waals surface area contributed by atoms with E-state index < -0.39 is 10.0 Å². The van der Waals surface area contributed by atoms with Crippen molar-refractivity contribution in [3.05, 3.63) is 59.6 Å². The van der Waals surface area contributed by atoms with Gasteiger partial charge in [-0.3, -0.25) is 4.79 Å². The van der Waals surface area contributed by atoms with Crippen molar-refractivity contribution in [2.24, 2.45) is 5.92 Å². The van der Waals surface area contributed by atoms with Crippen LogP contribution in [0.3, 0.4) is 0 Å². The van der Waals surface area contributed by atoms with Crippen molar-refractivity contribution in [3.63, 3.8) is 0 Å². The number of carbonyl (C=O) groups is 1. The summed E-state index contributed by atoms with van der Waals surface area (Å²) in [7, 11) is -3.57. The first-order chi connectivity index (χ1) is 12.8. The fourth-order valence-electron chi connectivity index (χ4n) is 2.76. The van der Waals surface area contributed by atoms with E-state index in [9.17, 15) is 13.2 Å². The molecule has 7 heteroatoms. The number of furan rings is 1. The molecule has 2 atom stereocenters. The Bertz CT molecular complexity index is 929. The van der Waals surface area contributed by atoms with Crippen molar-refractivity contribution in [2.75, 3.05) is 13.1 Å². The molecule has 27 heavy (non-hydrogen) atoms. The Hall–Kier alpha value is -2.38. The highest BCUT2D eigenvalue weighted by Crippen LogP contribution is 2.47. The van der Waals surface area contributed by atoms with Gasteiger partial charge in [-0.2, -0.15) is 0 Å². The van der Waals surface area contributed by atoms with E-state index in [1.807, 2.05) is 19.1 Å². The molecule has 1 saturated carbocycles. The number of hydrogen-bond donors (Lipinski definition) is 2. The first-order valence-electron chi connectivity index (χ1n) is 8.97. The molecular formula is C20H24N2O4S. The monoisotopic (exact) mass is 388 g/mol. The van der Waals surface area contributed by atoms with Gasteiger partial charge >= 0.3 is 0 Å². The highest BCUT2D eigenvalue weighted by Gasteiger charge is 2.36. The number of rotatable bonds is 8. The molecule has 0 radical (unpaired) electrons. The minimum atomic E-state index is -3.57. The normalized spacial score (nSPS) is 19.3. The quantitative estimate of drug-likeness (QED) is 0.538. The van der Waals surface area contributed by atoms with Crippen molar-refractivity contribution in [1.82, 2.24) is 10.0 Å². The van der Waals surface area contributed by atoms with Crippen LogP contribution in [0, 0.1) is 12.8 Å². The summed E-state index contributed by atoms with van der Waals surface area (Å²) in [5.74, 6) is 2.47. The van der Waals surface area contributed by atoms with E-state index in [-0.39, 0.29) is 23.9 Å². The van der Waals surface area contributed by atoms with E-state index in [0.29, 0.717) is 17.6 Å². The van der Waals surface area contributed by atoms with Gasteiger partial charge in [0.2, 0.25) is 15.9 Å². The van der Waals surface area contributed by atoms with Gasteiger partial charge in [0.1, 0.15) is 11.5 Å². The Morgan fingerprint density at radius 3 is 2.56 bits per heavy atom. The molecule has 3 rings (SSSR count). The largest absolute Gasteiger partial charge is 0.461 e. The van der Waals surface area contributed by atoms with E-state index in [4.69, 9.17) is 4.42 Å². The molecule has 1 aromatic heterocycles. The number of aryl methyl sites for hydroxylation is 1. The molecule has 6 nitrogen and oxygen atoms in total. The molecular weight excluding hydrogens is 364 g/mol. The van der Waals surface area contributed by atoms with Gasteiger partial charge in [-0.25, -0.2) is 13.1 Å². The number of hydrogen-bond acceptors (Lipinski definition) is 4. The smallest absolute Gasteiger partial charge is 0.244 e. The van der Waals surface area contributed by atoms with E-state index in [0.717, 1.165) is 17.7 Å². The molecule has 2 aromatic rings. The van der Waals surface area contributed by atoms with E-state index >= 15 is 0 Å². The van der Waals surface area contributed by atoms with Gasteiger partial charge in [-0.1, -0.05) is 24.6 Å². The summed E-state index contributed by atoms with van der Waals surface area (Å²) in [6.45, 7) is 4.38. The number of carbonyl (C=O) groups excluding carboxylic acids is 1. The van der Waals surface area contributed by atoms with Crippen LogP contribution in [-0.2, 0) is 14.8 Å². The second kappa shape index (κ2) is 8.10. The second-order valence-corrected chi connectivity index (χ2v) is 8.66. The van der Waals surface area contributed by atoms with Crippen LogP contribution < -0.4 is 10.0 Å². The molecule has 1 aliphatic carbocycles. The zero-order valence-corrected chi connectivity index (χ0v) is 16.3. The molecule has 2 N–H and O–H groups in total. The van der Waals surface area contributed by atoms with Crippen molar-refractivity contribution < 1.29 is 17.6 Å². The van der Waals surface area contributed by atoms with Crippen molar-refractivity contribution in [3.8, 4) is 0 Å². The predicted molar refractivity (Wildman–Crippen MR) is 104 cm³/mol. The van der Waals surface area contributed by atoms with Crippen LogP contribution in [0.2, 0.25) is 0 Å². The molecule has 0 bridgehead atoms. The van der Waals surface area contributed by atoms with Gasteiger partial charge < -0.3 is 9.73 Å². The molecule has 0 spiro atoms. The summed E-state index contributed by atoms with van der Waals surface area (Å²) in [4.78, 5) is 12.0. The van der Waals surface area contributed by atoms with Crippen LogP contribution in [0.1, 0.15) is 36.3 Å². The Balaban J connectivity index is 1.41. The Morgan fingerprint density at radius 2 is 1.89 bits per heavy atom. The van der Waals surface area contributed by atoms with Gasteiger partial charge in [0.15, 0.2) is 0 Å². The van der Waals surface area contributed by atoms with E-state index in [2.05, 4.69) is 17.0 Å². The van der Waals surface area contributed by atoms with Gasteiger partial charge in [0.25, 0.3) is 0 Å². The lowest BCUT2D eigenvalue weighted by Crippen LogP contribution is -2.34. The third-order valence-corrected chi connectivity index (χ3v) is 6.05. The van der Waals surface area contributed by atoms with Crippen LogP contribution >= 0.6 is 0 Å². The Labute approximate surface area is 159 Å². The minimum Gasteiger partial charge on any atom is -0.461 e. The second-order valence-electron chi connectivity index (χ2n) is 6.89. The average Bonchev–Trinajstić information content (AvgIpc) is 3.17. The SMILES string of the molecule is Cc1ccc(S(=O)(=O)NCCNC(=O)/C=C/c2ccc(C3CC3C)o2)cc1. The molecule has 144 valence electrons. The first kappa shape index (κ1) is 19.4. The maximum Gasteiger partial charge on any atom is 0.244 e. The summed E-state index contributed by atoms with van der Waals surface area (Å²) in [6.07, 6.45) is 4.14. The fourth-order valence-corrected chi connectivity index (χ4v) is 3.80. The van der Waals surface area contributed by atoms with Crippen LogP contribution in [-0.4, -0.2) is 27.4 Å². The zero-order valence-electron chi connectivity index (χ0n) is 15.4. The maximum absolute atomic E-state index is 12.1. The van der Waals surface area contributed by atoms with E-state index in [1.54, 1.807) is 30.3 Å². The third kappa shape index (κ3) is 5.30. The highest BCUT2D eigenvalue weighted by molar-refractivity contribution is 7.89. The van der Waals surface area contributed by atoms with Crippen LogP contribution in [0.25, 0.3) is 6.08 Å². The predicted octanol–water partition coefficient (Wildman–Crippen LogP) is 2.82. The van der Waals surface area contributed by atoms with Gasteiger partial charge in [-0.05, 0) is 49.6 Å². The van der Waals surface area contributed by atoms with Gasteiger partial charge in [0, 0.05) is 25.1 Å². The summed E-state index contributed by atoms with van der Waals surface area (Å²) in [6, 6.07) is 10.4. The molecule has 1 aromatic carbocycles. The number of sulfonamides is 1. The summed E-state index contributed by atoms with van der Waals surface area (Å²) in [5.41, 5.74) is 0.989. The van der Waals surface area contributed by atoms with Crippen LogP contribution in [0.4, 0.5) is 0 Å². The highest BCUT2D eigenvalue weighted by atomic mass is 32.2. The molecule has 0 aliphatic heterocycles. The Kier molecular flexibility index (Phi) is 5.82. The lowest BCUT2D eigenvalue weighted by Gasteiger charge is -2.07. The van der Waals surface area contributed by atoms with Crippen molar-refractivity contribution in [1.29, 1.82) is 0 Å².